The van der Waals surface area contributed by atoms with Crippen LogP contribution in [0.4, 0.5) is 0 Å². The van der Waals surface area contributed by atoms with E-state index in [0.717, 1.165) is 0 Å². The number of Topliss-reactive ketones (excluding diaryl/α,β-unsaturated/α-hetero) is 2. The van der Waals surface area contributed by atoms with Gasteiger partial charge in [-0.3, -0.25) is 35.6 Å². The van der Waals surface area contributed by atoms with Crippen LogP contribution >= 0.6 is 0 Å². The average Bonchev–Trinajstić information content (AvgIpc) is 3.16. The Morgan fingerprint density at radius 3 is 2.57 bits per heavy atom. The number of fused-ring (bicyclic) bond motifs is 1. The Labute approximate surface area is 159 Å². The molecule has 0 radical (unpaired) electrons. The van der Waals surface area contributed by atoms with Crippen LogP contribution in [0.15, 0.2) is 42.9 Å². The number of hydrogen-bond acceptors (Lipinski definition) is 6. The quantitative estimate of drug-likeness (QED) is 0.175. The highest BCUT2D eigenvalue weighted by Gasteiger charge is 2.22. The highest BCUT2D eigenvalue weighted by atomic mass is 16.5. The Bertz CT molecular complexity index is 1090. The monoisotopic (exact) mass is 379 g/mol. The van der Waals surface area contributed by atoms with Crippen LogP contribution in [0.3, 0.4) is 0 Å². The summed E-state index contributed by atoms with van der Waals surface area (Å²) < 4.78 is 5.30. The number of ketones is 2. The minimum Gasteiger partial charge on any atom is -0.496 e. The van der Waals surface area contributed by atoms with E-state index in [1.54, 1.807) is 30.5 Å². The van der Waals surface area contributed by atoms with E-state index in [0.29, 0.717) is 27.8 Å². The molecule has 1 amide bonds. The number of nitrogens with zero attached hydrogens (tertiary/aromatic N) is 1. The second-order valence-corrected chi connectivity index (χ2v) is 5.85. The van der Waals surface area contributed by atoms with Crippen LogP contribution in [0, 0.1) is 5.41 Å². The number of amidine groups is 1. The number of carbonyl (C=O) groups is 3. The third-order valence-corrected chi connectivity index (χ3v) is 4.08. The predicted octanol–water partition coefficient (Wildman–Crippen LogP) is 1.60. The molecule has 0 bridgehead atoms. The number of benzene rings is 1. The van der Waals surface area contributed by atoms with Crippen molar-refractivity contribution in [3.8, 4) is 5.75 Å². The highest BCUT2D eigenvalue weighted by molar-refractivity contribution is 6.45. The Balaban J connectivity index is 1.91. The van der Waals surface area contributed by atoms with Gasteiger partial charge in [0.2, 0.25) is 5.78 Å². The Kier molecular flexibility index (Phi) is 5.16. The number of ether oxygens (including phenoxy) is 1. The molecule has 28 heavy (non-hydrogen) atoms. The van der Waals surface area contributed by atoms with Gasteiger partial charge in [0.15, 0.2) is 5.78 Å². The molecule has 0 aliphatic carbocycles. The second kappa shape index (κ2) is 7.70. The van der Waals surface area contributed by atoms with Gasteiger partial charge >= 0.3 is 0 Å². The normalized spacial score (nSPS) is 10.4. The number of hydrogen-bond donors (Lipinski definition) is 4. The predicted molar refractivity (Wildman–Crippen MR) is 102 cm³/mol. The molecule has 0 fully saturated rings. The van der Waals surface area contributed by atoms with Gasteiger partial charge in [-0.25, -0.2) is 0 Å². The first kappa shape index (κ1) is 18.8. The Morgan fingerprint density at radius 1 is 1.14 bits per heavy atom. The zero-order valence-corrected chi connectivity index (χ0v) is 15.1. The maximum atomic E-state index is 12.2. The van der Waals surface area contributed by atoms with E-state index in [4.69, 9.17) is 10.1 Å². The molecule has 9 nitrogen and oxygen atoms in total. The SMILES string of the molecule is COc1ccc(C(=N)NNC(=O)c2cccnc2)c2[nH]cc(C(=O)C(C)=O)c12. The average molecular weight is 379 g/mol. The molecule has 0 saturated carbocycles. The van der Waals surface area contributed by atoms with Gasteiger partial charge in [0.1, 0.15) is 11.6 Å². The maximum absolute atomic E-state index is 12.2. The molecule has 4 N–H and O–H groups in total. The minimum absolute atomic E-state index is 0.117. The van der Waals surface area contributed by atoms with Gasteiger partial charge in [0.25, 0.3) is 5.91 Å². The van der Waals surface area contributed by atoms with Crippen molar-refractivity contribution in [2.75, 3.05) is 7.11 Å². The van der Waals surface area contributed by atoms with E-state index in [1.165, 1.54) is 26.4 Å². The number of aromatic nitrogens is 2. The number of methoxy groups -OCH3 is 1. The van der Waals surface area contributed by atoms with Crippen LogP contribution in [-0.2, 0) is 4.79 Å². The zero-order chi connectivity index (χ0) is 20.3. The summed E-state index contributed by atoms with van der Waals surface area (Å²) >= 11 is 0. The first-order chi connectivity index (χ1) is 13.4. The van der Waals surface area contributed by atoms with E-state index >= 15 is 0 Å². The van der Waals surface area contributed by atoms with Gasteiger partial charge in [-0.05, 0) is 24.3 Å². The summed E-state index contributed by atoms with van der Waals surface area (Å²) in [6, 6.07) is 6.40. The summed E-state index contributed by atoms with van der Waals surface area (Å²) in [5.41, 5.74) is 6.25. The summed E-state index contributed by atoms with van der Waals surface area (Å²) in [6.45, 7) is 1.19. The number of carbonyl (C=O) groups excluding carboxylic acids is 3. The van der Waals surface area contributed by atoms with Gasteiger partial charge in [-0.1, -0.05) is 0 Å². The molecule has 0 saturated heterocycles. The topological polar surface area (TPSA) is 137 Å². The number of H-pyrrole nitrogens is 1. The number of hydrazine groups is 1. The van der Waals surface area contributed by atoms with E-state index in [1.807, 2.05) is 0 Å². The first-order valence-corrected chi connectivity index (χ1v) is 8.22. The molecule has 3 rings (SSSR count). The molecule has 0 atom stereocenters. The van der Waals surface area contributed by atoms with Gasteiger partial charge < -0.3 is 9.72 Å². The molecular formula is C19H17N5O4. The van der Waals surface area contributed by atoms with E-state index in [9.17, 15) is 14.4 Å². The molecule has 1 aromatic carbocycles. The van der Waals surface area contributed by atoms with Crippen molar-refractivity contribution in [1.29, 1.82) is 5.41 Å². The lowest BCUT2D eigenvalue weighted by molar-refractivity contribution is -0.113. The zero-order valence-electron chi connectivity index (χ0n) is 15.1. The van der Waals surface area contributed by atoms with Gasteiger partial charge in [0, 0.05) is 31.1 Å². The lowest BCUT2D eigenvalue weighted by Gasteiger charge is -2.12. The molecule has 0 aliphatic rings. The molecule has 2 heterocycles. The van der Waals surface area contributed by atoms with Crippen LogP contribution in [0.1, 0.15) is 33.2 Å². The molecule has 9 heteroatoms. The largest absolute Gasteiger partial charge is 0.496 e. The fourth-order valence-corrected chi connectivity index (χ4v) is 2.72. The molecule has 0 unspecified atom stereocenters. The molecular weight excluding hydrogens is 362 g/mol. The van der Waals surface area contributed by atoms with Crippen LogP contribution in [0.5, 0.6) is 5.75 Å². The lowest BCUT2D eigenvalue weighted by atomic mass is 10.0. The lowest BCUT2D eigenvalue weighted by Crippen LogP contribution is -2.41. The third-order valence-electron chi connectivity index (χ3n) is 4.08. The standard InChI is InChI=1S/C19H17N5O4/c1-10(25)17(26)13-9-22-16-12(5-6-14(28-2)15(13)16)18(20)23-24-19(27)11-4-3-7-21-8-11/h3-9,22H,1-2H3,(H2,20,23)(H,24,27). The van der Waals surface area contributed by atoms with E-state index in [-0.39, 0.29) is 11.4 Å². The molecule has 142 valence electrons. The smallest absolute Gasteiger partial charge is 0.271 e. The minimum atomic E-state index is -0.661. The fourth-order valence-electron chi connectivity index (χ4n) is 2.72. The van der Waals surface area contributed by atoms with E-state index in [2.05, 4.69) is 20.8 Å². The molecule has 0 aliphatic heterocycles. The van der Waals surface area contributed by atoms with Crippen LogP contribution in [-0.4, -0.2) is 40.4 Å². The first-order valence-electron chi connectivity index (χ1n) is 8.22. The summed E-state index contributed by atoms with van der Waals surface area (Å²) in [5, 5.41) is 8.64. The van der Waals surface area contributed by atoms with Crippen LogP contribution in [0.2, 0.25) is 0 Å². The van der Waals surface area contributed by atoms with Gasteiger partial charge in [-0.2, -0.15) is 0 Å². The number of amides is 1. The fraction of sp³-hybridized carbons (Fsp3) is 0.105. The number of nitrogens with one attached hydrogen (secondary N) is 4. The summed E-state index contributed by atoms with van der Waals surface area (Å²) in [5.74, 6) is -1.46. The van der Waals surface area contributed by atoms with Gasteiger partial charge in [0.05, 0.1) is 29.1 Å². The third kappa shape index (κ3) is 3.45. The van der Waals surface area contributed by atoms with Gasteiger partial charge in [-0.15, -0.1) is 0 Å². The van der Waals surface area contributed by atoms with Crippen molar-refractivity contribution >= 4 is 34.2 Å². The van der Waals surface area contributed by atoms with Crippen molar-refractivity contribution in [2.45, 2.75) is 6.92 Å². The maximum Gasteiger partial charge on any atom is 0.271 e. The number of rotatable bonds is 5. The highest BCUT2D eigenvalue weighted by Crippen LogP contribution is 2.31. The summed E-state index contributed by atoms with van der Waals surface area (Å²) in [7, 11) is 1.45. The molecule has 3 aromatic rings. The van der Waals surface area contributed by atoms with Crippen molar-refractivity contribution < 1.29 is 19.1 Å². The van der Waals surface area contributed by atoms with Crippen molar-refractivity contribution in [3.63, 3.8) is 0 Å². The van der Waals surface area contributed by atoms with Crippen molar-refractivity contribution in [2.24, 2.45) is 0 Å². The van der Waals surface area contributed by atoms with Crippen LogP contribution in [0.25, 0.3) is 10.9 Å². The summed E-state index contributed by atoms with van der Waals surface area (Å²) in [4.78, 5) is 42.6. The van der Waals surface area contributed by atoms with Crippen LogP contribution < -0.4 is 15.6 Å². The molecule has 2 aromatic heterocycles. The second-order valence-electron chi connectivity index (χ2n) is 5.85. The number of aromatic amines is 1. The number of pyridine rings is 1. The van der Waals surface area contributed by atoms with Crippen molar-refractivity contribution in [3.05, 3.63) is 59.5 Å². The summed E-state index contributed by atoms with van der Waals surface area (Å²) in [6.07, 6.45) is 4.35. The van der Waals surface area contributed by atoms with Crippen molar-refractivity contribution in [1.82, 2.24) is 20.8 Å². The Hall–Kier alpha value is -4.01. The van der Waals surface area contributed by atoms with E-state index < -0.39 is 17.5 Å². The molecule has 0 spiro atoms. The Morgan fingerprint density at radius 2 is 1.93 bits per heavy atom.